The van der Waals surface area contributed by atoms with Crippen LogP contribution in [0.1, 0.15) is 23.7 Å². The third kappa shape index (κ3) is 4.06. The maximum atomic E-state index is 11.7. The van der Waals surface area contributed by atoms with Crippen molar-refractivity contribution in [3.8, 4) is 0 Å². The number of hydrogen-bond donors (Lipinski definition) is 2. The van der Waals surface area contributed by atoms with Gasteiger partial charge in [0.1, 0.15) is 0 Å². The molecule has 0 bridgehead atoms. The van der Waals surface area contributed by atoms with Crippen molar-refractivity contribution in [2.45, 2.75) is 13.3 Å². The summed E-state index contributed by atoms with van der Waals surface area (Å²) in [6, 6.07) is 6.64. The lowest BCUT2D eigenvalue weighted by molar-refractivity contribution is 0.101. The van der Waals surface area contributed by atoms with Crippen molar-refractivity contribution >= 4 is 17.5 Å². The Kier molecular flexibility index (Phi) is 4.52. The van der Waals surface area contributed by atoms with Crippen molar-refractivity contribution in [3.63, 3.8) is 0 Å². The van der Waals surface area contributed by atoms with E-state index < -0.39 is 0 Å². The third-order valence-electron chi connectivity index (χ3n) is 3.10. The Bertz CT molecular complexity index is 468. The fourth-order valence-corrected chi connectivity index (χ4v) is 1.97. The summed E-state index contributed by atoms with van der Waals surface area (Å²) in [6.07, 6.45) is 0.986. The monoisotopic (exact) mass is 262 g/mol. The van der Waals surface area contributed by atoms with Gasteiger partial charge in [0, 0.05) is 30.3 Å². The van der Waals surface area contributed by atoms with Gasteiger partial charge in [-0.1, -0.05) is 12.1 Å². The van der Waals surface area contributed by atoms with Crippen LogP contribution >= 0.6 is 0 Å². The van der Waals surface area contributed by atoms with Gasteiger partial charge in [-0.05, 0) is 25.5 Å². The zero-order valence-electron chi connectivity index (χ0n) is 10.9. The largest absolute Gasteiger partial charge is 0.381 e. The van der Waals surface area contributed by atoms with Gasteiger partial charge >= 0.3 is 6.03 Å². The minimum atomic E-state index is -0.257. The van der Waals surface area contributed by atoms with Crippen LogP contribution in [0.25, 0.3) is 0 Å². The van der Waals surface area contributed by atoms with Crippen LogP contribution in [0.5, 0.6) is 0 Å². The number of ether oxygens (including phenoxy) is 1. The van der Waals surface area contributed by atoms with Gasteiger partial charge < -0.3 is 15.4 Å². The Balaban J connectivity index is 1.84. The number of carbonyl (C=O) groups is 2. The van der Waals surface area contributed by atoms with Gasteiger partial charge in [0.15, 0.2) is 5.78 Å². The molecule has 1 saturated heterocycles. The molecule has 1 aromatic carbocycles. The summed E-state index contributed by atoms with van der Waals surface area (Å²) in [5.41, 5.74) is 1.20. The molecular weight excluding hydrogens is 244 g/mol. The molecule has 1 fully saturated rings. The molecule has 1 aliphatic rings. The summed E-state index contributed by atoms with van der Waals surface area (Å²) in [6.45, 7) is 3.59. The normalized spacial score (nSPS) is 18.1. The van der Waals surface area contributed by atoms with Crippen molar-refractivity contribution in [2.75, 3.05) is 25.1 Å². The smallest absolute Gasteiger partial charge is 0.319 e. The van der Waals surface area contributed by atoms with Crippen LogP contribution in [-0.4, -0.2) is 31.6 Å². The standard InChI is InChI=1S/C14H18N2O3/c1-10(17)12-3-2-4-13(7-12)16-14(18)15-8-11-5-6-19-9-11/h2-4,7,11H,5-6,8-9H2,1H3,(H2,15,16,18)/t11-/m0/s1. The van der Waals surface area contributed by atoms with Gasteiger partial charge in [-0.15, -0.1) is 0 Å². The molecule has 2 N–H and O–H groups in total. The molecular formula is C14H18N2O3. The summed E-state index contributed by atoms with van der Waals surface area (Å²) in [5, 5.41) is 5.52. The highest BCUT2D eigenvalue weighted by Gasteiger charge is 2.16. The molecule has 5 nitrogen and oxygen atoms in total. The minimum absolute atomic E-state index is 0.0211. The molecule has 19 heavy (non-hydrogen) atoms. The van der Waals surface area contributed by atoms with Gasteiger partial charge in [0.2, 0.25) is 0 Å². The molecule has 102 valence electrons. The minimum Gasteiger partial charge on any atom is -0.381 e. The molecule has 0 saturated carbocycles. The Morgan fingerprint density at radius 3 is 2.95 bits per heavy atom. The number of Topliss-reactive ketones (excluding diaryl/α,β-unsaturated/α-hetero) is 1. The molecule has 1 aromatic rings. The van der Waals surface area contributed by atoms with Crippen LogP contribution < -0.4 is 10.6 Å². The number of benzene rings is 1. The number of carbonyl (C=O) groups excluding carboxylic acids is 2. The Hall–Kier alpha value is -1.88. The highest BCUT2D eigenvalue weighted by atomic mass is 16.5. The highest BCUT2D eigenvalue weighted by Crippen LogP contribution is 2.12. The van der Waals surface area contributed by atoms with Crippen LogP contribution in [0.3, 0.4) is 0 Å². The fraction of sp³-hybridized carbons (Fsp3) is 0.429. The number of urea groups is 1. The van der Waals surface area contributed by atoms with Gasteiger partial charge in [0.05, 0.1) is 6.61 Å². The topological polar surface area (TPSA) is 67.4 Å². The molecule has 1 aliphatic heterocycles. The van der Waals surface area contributed by atoms with E-state index in [-0.39, 0.29) is 11.8 Å². The number of nitrogens with one attached hydrogen (secondary N) is 2. The lowest BCUT2D eigenvalue weighted by Crippen LogP contribution is -2.33. The Labute approximate surface area is 112 Å². The summed E-state index contributed by atoms with van der Waals surface area (Å²) in [5.74, 6) is 0.376. The molecule has 1 atom stereocenters. The number of anilines is 1. The van der Waals surface area contributed by atoms with E-state index in [1.807, 2.05) is 0 Å². The second-order valence-corrected chi connectivity index (χ2v) is 4.70. The number of rotatable bonds is 4. The number of hydrogen-bond acceptors (Lipinski definition) is 3. The van der Waals surface area contributed by atoms with E-state index in [9.17, 15) is 9.59 Å². The van der Waals surface area contributed by atoms with E-state index in [2.05, 4.69) is 10.6 Å². The fourth-order valence-electron chi connectivity index (χ4n) is 1.97. The van der Waals surface area contributed by atoms with E-state index in [0.717, 1.165) is 13.0 Å². The average Bonchev–Trinajstić information content (AvgIpc) is 2.90. The van der Waals surface area contributed by atoms with Crippen molar-refractivity contribution in [2.24, 2.45) is 5.92 Å². The van der Waals surface area contributed by atoms with E-state index in [1.165, 1.54) is 6.92 Å². The molecule has 5 heteroatoms. The number of amides is 2. The van der Waals surface area contributed by atoms with Crippen LogP contribution in [0, 0.1) is 5.92 Å². The van der Waals surface area contributed by atoms with E-state index in [0.29, 0.717) is 30.3 Å². The van der Waals surface area contributed by atoms with Crippen LogP contribution in [0.4, 0.5) is 10.5 Å². The first kappa shape index (κ1) is 13.5. The average molecular weight is 262 g/mol. The second kappa shape index (κ2) is 6.33. The van der Waals surface area contributed by atoms with Crippen molar-refractivity contribution in [1.82, 2.24) is 5.32 Å². The molecule has 2 amide bonds. The van der Waals surface area contributed by atoms with Gasteiger partial charge in [-0.3, -0.25) is 4.79 Å². The SMILES string of the molecule is CC(=O)c1cccc(NC(=O)NC[C@@H]2CCOC2)c1. The van der Waals surface area contributed by atoms with Gasteiger partial charge in [0.25, 0.3) is 0 Å². The Morgan fingerprint density at radius 1 is 1.42 bits per heavy atom. The second-order valence-electron chi connectivity index (χ2n) is 4.70. The molecule has 0 aromatic heterocycles. The van der Waals surface area contributed by atoms with E-state index in [1.54, 1.807) is 24.3 Å². The predicted molar refractivity (Wildman–Crippen MR) is 72.4 cm³/mol. The maximum absolute atomic E-state index is 11.7. The van der Waals surface area contributed by atoms with Gasteiger partial charge in [-0.2, -0.15) is 0 Å². The lowest BCUT2D eigenvalue weighted by atomic mass is 10.1. The molecule has 0 radical (unpaired) electrons. The lowest BCUT2D eigenvalue weighted by Gasteiger charge is -2.11. The predicted octanol–water partition coefficient (Wildman–Crippen LogP) is 2.05. The zero-order valence-corrected chi connectivity index (χ0v) is 10.9. The maximum Gasteiger partial charge on any atom is 0.319 e. The van der Waals surface area contributed by atoms with Crippen molar-refractivity contribution in [1.29, 1.82) is 0 Å². The first-order chi connectivity index (χ1) is 9.15. The van der Waals surface area contributed by atoms with Crippen LogP contribution in [-0.2, 0) is 4.74 Å². The summed E-state index contributed by atoms with van der Waals surface area (Å²) in [7, 11) is 0. The van der Waals surface area contributed by atoms with Crippen LogP contribution in [0.2, 0.25) is 0 Å². The molecule has 0 aliphatic carbocycles. The van der Waals surface area contributed by atoms with Crippen molar-refractivity contribution < 1.29 is 14.3 Å². The first-order valence-corrected chi connectivity index (χ1v) is 6.39. The summed E-state index contributed by atoms with van der Waals surface area (Å²) < 4.78 is 5.24. The summed E-state index contributed by atoms with van der Waals surface area (Å²) >= 11 is 0. The highest BCUT2D eigenvalue weighted by molar-refractivity contribution is 5.96. The number of ketones is 1. The zero-order chi connectivity index (χ0) is 13.7. The summed E-state index contributed by atoms with van der Waals surface area (Å²) in [4.78, 5) is 22.9. The van der Waals surface area contributed by atoms with Crippen LogP contribution in [0.15, 0.2) is 24.3 Å². The quantitative estimate of drug-likeness (QED) is 0.816. The van der Waals surface area contributed by atoms with Crippen molar-refractivity contribution in [3.05, 3.63) is 29.8 Å². The third-order valence-corrected chi connectivity index (χ3v) is 3.10. The first-order valence-electron chi connectivity index (χ1n) is 6.39. The van der Waals surface area contributed by atoms with E-state index in [4.69, 9.17) is 4.74 Å². The molecule has 0 spiro atoms. The van der Waals surface area contributed by atoms with Gasteiger partial charge in [-0.25, -0.2) is 4.79 Å². The van der Waals surface area contributed by atoms with E-state index >= 15 is 0 Å². The molecule has 1 heterocycles. The Morgan fingerprint density at radius 2 is 2.26 bits per heavy atom. The molecule has 2 rings (SSSR count). The molecule has 0 unspecified atom stereocenters.